The summed E-state index contributed by atoms with van der Waals surface area (Å²) in [5.41, 5.74) is 6.79. The Morgan fingerprint density at radius 2 is 2.09 bits per heavy atom. The highest BCUT2D eigenvalue weighted by Gasteiger charge is 2.54. The smallest absolute Gasteiger partial charge is 0.353 e. The summed E-state index contributed by atoms with van der Waals surface area (Å²) in [6.07, 6.45) is 0.145. The van der Waals surface area contributed by atoms with Crippen LogP contribution in [-0.4, -0.2) is 59.7 Å². The molecule has 33 heavy (non-hydrogen) atoms. The van der Waals surface area contributed by atoms with Crippen molar-refractivity contribution in [1.29, 1.82) is 0 Å². The summed E-state index contributed by atoms with van der Waals surface area (Å²) >= 11 is 8.54. The number of aliphatic carboxylic acids is 1. The van der Waals surface area contributed by atoms with Crippen molar-refractivity contribution in [2.24, 2.45) is 5.73 Å². The Hall–Kier alpha value is -2.68. The number of carbonyl (C=O) groups is 3. The Kier molecular flexibility index (Phi) is 7.17. The van der Waals surface area contributed by atoms with Gasteiger partial charge in [-0.2, -0.15) is 0 Å². The number of amides is 2. The number of nitrogens with two attached hydrogens (primary N) is 1. The number of thioether (sulfide) groups is 2. The average molecular weight is 523 g/mol. The zero-order valence-electron chi connectivity index (χ0n) is 16.9. The molecule has 172 valence electrons. The third-order valence-electron chi connectivity index (χ3n) is 4.83. The molecule has 2 amide bonds. The molecule has 2 atom stereocenters. The Balaban J connectivity index is 1.47. The molecule has 0 spiro atoms. The van der Waals surface area contributed by atoms with E-state index < -0.39 is 23.3 Å². The molecule has 0 unspecified atom stereocenters. The van der Waals surface area contributed by atoms with E-state index in [9.17, 15) is 19.5 Å². The van der Waals surface area contributed by atoms with E-state index in [-0.39, 0.29) is 29.7 Å². The van der Waals surface area contributed by atoms with Gasteiger partial charge in [-0.1, -0.05) is 46.6 Å². The second-order valence-corrected chi connectivity index (χ2v) is 10.7. The number of carbonyl (C=O) groups excluding carboxylic acids is 2. The molecule has 5 N–H and O–H groups in total. The SMILES string of the molecule is NC(=S)NCc1nnsc1SC1=C(C(=O)O)N2C(=O)[C@@H](NC(=O)Cc3ccccc3)[C@H]2SC1. The fraction of sp³-hybridized carbons (Fsp3) is 0.263. The van der Waals surface area contributed by atoms with Gasteiger partial charge in [0.25, 0.3) is 5.91 Å². The fourth-order valence-corrected chi connectivity index (χ4v) is 6.77. The van der Waals surface area contributed by atoms with Gasteiger partial charge in [0.05, 0.1) is 13.0 Å². The molecule has 0 bridgehead atoms. The molecular weight excluding hydrogens is 505 g/mol. The number of benzene rings is 1. The molecule has 0 radical (unpaired) electrons. The highest BCUT2D eigenvalue weighted by molar-refractivity contribution is 8.07. The molecule has 3 heterocycles. The van der Waals surface area contributed by atoms with Gasteiger partial charge in [0.2, 0.25) is 5.91 Å². The number of carboxylic acid groups (broad SMARTS) is 1. The number of hydrogen-bond acceptors (Lipinski definition) is 9. The highest BCUT2D eigenvalue weighted by atomic mass is 32.2. The van der Waals surface area contributed by atoms with Gasteiger partial charge in [-0.05, 0) is 29.3 Å². The van der Waals surface area contributed by atoms with E-state index in [0.29, 0.717) is 20.6 Å². The minimum Gasteiger partial charge on any atom is -0.477 e. The van der Waals surface area contributed by atoms with Crippen molar-refractivity contribution >= 4 is 70.2 Å². The summed E-state index contributed by atoms with van der Waals surface area (Å²) in [5.74, 6) is -1.56. The highest BCUT2D eigenvalue weighted by Crippen LogP contribution is 2.46. The largest absolute Gasteiger partial charge is 0.477 e. The number of rotatable bonds is 8. The molecular formula is C19H18N6O4S4. The van der Waals surface area contributed by atoms with Gasteiger partial charge in [0.15, 0.2) is 5.11 Å². The van der Waals surface area contributed by atoms with Crippen LogP contribution in [0.1, 0.15) is 11.3 Å². The summed E-state index contributed by atoms with van der Waals surface area (Å²) < 4.78 is 4.61. The lowest BCUT2D eigenvalue weighted by Crippen LogP contribution is -2.70. The Bertz CT molecular complexity index is 1140. The quantitative estimate of drug-likeness (QED) is 0.289. The molecule has 10 nitrogen and oxygen atoms in total. The van der Waals surface area contributed by atoms with Crippen molar-refractivity contribution in [3.63, 3.8) is 0 Å². The zero-order valence-corrected chi connectivity index (χ0v) is 20.2. The standard InChI is InChI=1S/C19H18N6O4S4/c20-19(30)21-7-10-18(33-24-23-10)32-11-8-31-16-13(15(27)25(16)14(11)17(28)29)22-12(26)6-9-4-2-1-3-5-9/h1-5,13,16H,6-8H2,(H,22,26)(H,28,29)(H3,20,21,30)/t13-,16-/m1/s1. The van der Waals surface area contributed by atoms with E-state index >= 15 is 0 Å². The number of fused-ring (bicyclic) bond motifs is 1. The maximum Gasteiger partial charge on any atom is 0.353 e. The van der Waals surface area contributed by atoms with E-state index in [0.717, 1.165) is 17.1 Å². The van der Waals surface area contributed by atoms with Gasteiger partial charge in [-0.15, -0.1) is 16.9 Å². The van der Waals surface area contributed by atoms with E-state index in [1.54, 1.807) is 0 Å². The minimum absolute atomic E-state index is 0.0797. The average Bonchev–Trinajstić information content (AvgIpc) is 3.23. The number of aromatic nitrogens is 2. The number of carboxylic acids is 1. The zero-order chi connectivity index (χ0) is 23.5. The van der Waals surface area contributed by atoms with Crippen LogP contribution in [0.25, 0.3) is 0 Å². The third-order valence-corrected chi connectivity index (χ3v) is 8.48. The Morgan fingerprint density at radius 3 is 2.79 bits per heavy atom. The van der Waals surface area contributed by atoms with E-state index in [1.165, 1.54) is 28.4 Å². The molecule has 2 aromatic rings. The van der Waals surface area contributed by atoms with Gasteiger partial charge in [-0.3, -0.25) is 14.5 Å². The molecule has 4 rings (SSSR count). The van der Waals surface area contributed by atoms with Crippen LogP contribution in [-0.2, 0) is 27.3 Å². The van der Waals surface area contributed by atoms with Crippen molar-refractivity contribution in [3.8, 4) is 0 Å². The van der Waals surface area contributed by atoms with Gasteiger partial charge in [0, 0.05) is 10.7 Å². The van der Waals surface area contributed by atoms with Crippen molar-refractivity contribution in [2.75, 3.05) is 5.75 Å². The lowest BCUT2D eigenvalue weighted by atomic mass is 10.0. The van der Waals surface area contributed by atoms with Gasteiger partial charge < -0.3 is 21.5 Å². The molecule has 14 heteroatoms. The first-order valence-corrected chi connectivity index (χ1v) is 12.7. The Labute approximate surface area is 206 Å². The van der Waals surface area contributed by atoms with Crippen molar-refractivity contribution in [2.45, 2.75) is 28.6 Å². The molecule has 2 aliphatic heterocycles. The maximum atomic E-state index is 12.8. The first-order chi connectivity index (χ1) is 15.8. The number of nitrogens with one attached hydrogen (secondary N) is 2. The van der Waals surface area contributed by atoms with Crippen LogP contribution < -0.4 is 16.4 Å². The van der Waals surface area contributed by atoms with Crippen molar-refractivity contribution in [3.05, 3.63) is 52.2 Å². The van der Waals surface area contributed by atoms with Crippen LogP contribution in [0.3, 0.4) is 0 Å². The predicted molar refractivity (Wildman–Crippen MR) is 129 cm³/mol. The topological polar surface area (TPSA) is 151 Å². The van der Waals surface area contributed by atoms with Crippen LogP contribution >= 0.6 is 47.3 Å². The summed E-state index contributed by atoms with van der Waals surface area (Å²) in [5, 5.41) is 19.1. The second kappa shape index (κ2) is 10.1. The van der Waals surface area contributed by atoms with Gasteiger partial charge in [-0.25, -0.2) is 4.79 Å². The first-order valence-electron chi connectivity index (χ1n) is 9.62. The number of thiocarbonyl (C=S) groups is 1. The molecule has 1 aromatic heterocycles. The number of nitrogens with zero attached hydrogens (tertiary/aromatic N) is 3. The lowest BCUT2D eigenvalue weighted by molar-refractivity contribution is -0.150. The normalized spacial score (nSPS) is 19.5. The predicted octanol–water partition coefficient (Wildman–Crippen LogP) is 0.902. The first kappa shape index (κ1) is 23.5. The number of hydrogen-bond donors (Lipinski definition) is 4. The van der Waals surface area contributed by atoms with Crippen molar-refractivity contribution < 1.29 is 19.5 Å². The van der Waals surface area contributed by atoms with Gasteiger partial charge in [0.1, 0.15) is 27.0 Å². The molecule has 0 saturated carbocycles. The summed E-state index contributed by atoms with van der Waals surface area (Å²) in [4.78, 5) is 39.1. The Morgan fingerprint density at radius 1 is 1.33 bits per heavy atom. The fourth-order valence-electron chi connectivity index (χ4n) is 3.34. The minimum atomic E-state index is -1.20. The molecule has 1 aromatic carbocycles. The lowest BCUT2D eigenvalue weighted by Gasteiger charge is -2.49. The molecule has 1 saturated heterocycles. The summed E-state index contributed by atoms with van der Waals surface area (Å²) in [7, 11) is 0. The second-order valence-electron chi connectivity index (χ2n) is 7.02. The monoisotopic (exact) mass is 522 g/mol. The van der Waals surface area contributed by atoms with E-state index in [1.807, 2.05) is 30.3 Å². The van der Waals surface area contributed by atoms with Crippen LogP contribution in [0.2, 0.25) is 0 Å². The van der Waals surface area contributed by atoms with Crippen LogP contribution in [0.15, 0.2) is 45.1 Å². The van der Waals surface area contributed by atoms with Crippen LogP contribution in [0.5, 0.6) is 0 Å². The summed E-state index contributed by atoms with van der Waals surface area (Å²) in [6, 6.07) is 8.43. The summed E-state index contributed by atoms with van der Waals surface area (Å²) in [6.45, 7) is 0.262. The van der Waals surface area contributed by atoms with Crippen LogP contribution in [0, 0.1) is 0 Å². The molecule has 2 aliphatic rings. The maximum absolute atomic E-state index is 12.8. The molecule has 0 aliphatic carbocycles. The number of β-lactam (4-membered cyclic amide) rings is 1. The van der Waals surface area contributed by atoms with Gasteiger partial charge >= 0.3 is 5.97 Å². The third kappa shape index (κ3) is 5.13. The van der Waals surface area contributed by atoms with E-state index in [2.05, 4.69) is 20.2 Å². The van der Waals surface area contributed by atoms with Crippen molar-refractivity contribution in [1.82, 2.24) is 25.1 Å². The van der Waals surface area contributed by atoms with E-state index in [4.69, 9.17) is 18.0 Å². The molecule has 1 fully saturated rings. The van der Waals surface area contributed by atoms with Crippen LogP contribution in [0.4, 0.5) is 0 Å².